The second-order valence-corrected chi connectivity index (χ2v) is 5.51. The van der Waals surface area contributed by atoms with Gasteiger partial charge in [-0.05, 0) is 31.4 Å². The summed E-state index contributed by atoms with van der Waals surface area (Å²) in [4.78, 5) is 16.4. The van der Waals surface area contributed by atoms with E-state index in [-0.39, 0.29) is 5.91 Å². The number of methoxy groups -OCH3 is 1. The summed E-state index contributed by atoms with van der Waals surface area (Å²) in [6.07, 6.45) is 8.47. The molecule has 0 radical (unpaired) electrons. The third-order valence-corrected chi connectivity index (χ3v) is 3.79. The van der Waals surface area contributed by atoms with E-state index in [9.17, 15) is 4.79 Å². The van der Waals surface area contributed by atoms with E-state index in [0.29, 0.717) is 11.7 Å². The maximum atomic E-state index is 12.2. The summed E-state index contributed by atoms with van der Waals surface area (Å²) >= 11 is 0. The van der Waals surface area contributed by atoms with Crippen molar-refractivity contribution in [3.63, 3.8) is 0 Å². The maximum Gasteiger partial charge on any atom is 0.270 e. The van der Waals surface area contributed by atoms with Gasteiger partial charge in [0, 0.05) is 38.2 Å². The fraction of sp³-hybridized carbons (Fsp3) is 0.625. The molecule has 2 N–H and O–H groups in total. The molecule has 1 aromatic rings. The molecule has 1 heterocycles. The van der Waals surface area contributed by atoms with Crippen molar-refractivity contribution in [1.82, 2.24) is 10.3 Å². The molecule has 5 heteroatoms. The van der Waals surface area contributed by atoms with Crippen LogP contribution in [0.3, 0.4) is 0 Å². The molecule has 1 amide bonds. The summed E-state index contributed by atoms with van der Waals surface area (Å²) in [5, 5.41) is 6.37. The van der Waals surface area contributed by atoms with Crippen LogP contribution >= 0.6 is 0 Å². The summed E-state index contributed by atoms with van der Waals surface area (Å²) in [6, 6.07) is 4.00. The van der Waals surface area contributed by atoms with Gasteiger partial charge in [-0.2, -0.15) is 0 Å². The molecule has 0 unspecified atom stereocenters. The Kier molecular flexibility index (Phi) is 6.47. The van der Waals surface area contributed by atoms with Crippen LogP contribution in [0.2, 0.25) is 0 Å². The minimum atomic E-state index is -0.0672. The molecule has 1 aromatic heterocycles. The Morgan fingerprint density at radius 3 is 2.95 bits per heavy atom. The van der Waals surface area contributed by atoms with E-state index in [4.69, 9.17) is 4.74 Å². The number of pyridine rings is 1. The Morgan fingerprint density at radius 1 is 1.38 bits per heavy atom. The number of nitrogens with zero attached hydrogens (tertiary/aromatic N) is 1. The first-order valence-electron chi connectivity index (χ1n) is 7.79. The number of amides is 1. The molecule has 0 saturated heterocycles. The number of rotatable bonds is 7. The number of hydrogen-bond acceptors (Lipinski definition) is 4. The van der Waals surface area contributed by atoms with Gasteiger partial charge in [-0.25, -0.2) is 0 Å². The molecule has 0 aliphatic heterocycles. The molecule has 1 fully saturated rings. The van der Waals surface area contributed by atoms with E-state index in [1.54, 1.807) is 13.3 Å². The van der Waals surface area contributed by atoms with Crippen LogP contribution in [0, 0.1) is 0 Å². The number of carbonyl (C=O) groups is 1. The third kappa shape index (κ3) is 5.34. The zero-order chi connectivity index (χ0) is 14.9. The number of carbonyl (C=O) groups excluding carboxylic acids is 1. The second-order valence-electron chi connectivity index (χ2n) is 5.51. The van der Waals surface area contributed by atoms with Gasteiger partial charge in [-0.3, -0.25) is 9.78 Å². The second kappa shape index (κ2) is 8.62. The minimum Gasteiger partial charge on any atom is -0.385 e. The molecule has 116 valence electrons. The first-order chi connectivity index (χ1) is 10.3. The largest absolute Gasteiger partial charge is 0.385 e. The van der Waals surface area contributed by atoms with Crippen LogP contribution < -0.4 is 10.6 Å². The fourth-order valence-electron chi connectivity index (χ4n) is 2.62. The molecular formula is C16H25N3O2. The fourth-order valence-corrected chi connectivity index (χ4v) is 2.62. The van der Waals surface area contributed by atoms with Gasteiger partial charge in [-0.1, -0.05) is 19.3 Å². The molecule has 0 spiro atoms. The van der Waals surface area contributed by atoms with E-state index < -0.39 is 0 Å². The standard InChI is InChI=1S/C16H25N3O2/c1-21-11-5-9-17-14-8-10-18-15(12-14)16(20)19-13-6-3-2-4-7-13/h8,10,12-13H,2-7,9,11H2,1H3,(H,17,18)(H,19,20). The topological polar surface area (TPSA) is 63.2 Å². The van der Waals surface area contributed by atoms with Crippen LogP contribution in [0.4, 0.5) is 5.69 Å². The molecule has 1 aliphatic carbocycles. The van der Waals surface area contributed by atoms with Gasteiger partial charge in [0.05, 0.1) is 0 Å². The van der Waals surface area contributed by atoms with Gasteiger partial charge in [0.25, 0.3) is 5.91 Å². The van der Waals surface area contributed by atoms with Crippen molar-refractivity contribution < 1.29 is 9.53 Å². The summed E-state index contributed by atoms with van der Waals surface area (Å²) in [6.45, 7) is 1.55. The van der Waals surface area contributed by atoms with Crippen LogP contribution in [-0.4, -0.2) is 37.2 Å². The lowest BCUT2D eigenvalue weighted by Gasteiger charge is -2.22. The average Bonchev–Trinajstić information content (AvgIpc) is 2.53. The predicted octanol–water partition coefficient (Wildman–Crippen LogP) is 2.59. The summed E-state index contributed by atoms with van der Waals surface area (Å²) in [7, 11) is 1.69. The third-order valence-electron chi connectivity index (χ3n) is 3.79. The van der Waals surface area contributed by atoms with Gasteiger partial charge in [0.15, 0.2) is 0 Å². The molecule has 21 heavy (non-hydrogen) atoms. The molecule has 0 aromatic carbocycles. The van der Waals surface area contributed by atoms with Crippen molar-refractivity contribution in [2.45, 2.75) is 44.6 Å². The zero-order valence-electron chi connectivity index (χ0n) is 12.7. The Hall–Kier alpha value is -1.62. The monoisotopic (exact) mass is 291 g/mol. The Labute approximate surface area is 126 Å². The van der Waals surface area contributed by atoms with Gasteiger partial charge in [-0.15, -0.1) is 0 Å². The SMILES string of the molecule is COCCCNc1ccnc(C(=O)NC2CCCCC2)c1. The maximum absolute atomic E-state index is 12.2. The summed E-state index contributed by atoms with van der Waals surface area (Å²) in [5.74, 6) is -0.0672. The summed E-state index contributed by atoms with van der Waals surface area (Å²) in [5.41, 5.74) is 1.41. The van der Waals surface area contributed by atoms with E-state index >= 15 is 0 Å². The highest BCUT2D eigenvalue weighted by molar-refractivity contribution is 5.93. The van der Waals surface area contributed by atoms with Crippen molar-refractivity contribution in [3.8, 4) is 0 Å². The zero-order valence-corrected chi connectivity index (χ0v) is 12.7. The highest BCUT2D eigenvalue weighted by Crippen LogP contribution is 2.18. The van der Waals surface area contributed by atoms with Crippen molar-refractivity contribution in [2.24, 2.45) is 0 Å². The normalized spacial score (nSPS) is 15.7. The number of aromatic nitrogens is 1. The molecule has 2 rings (SSSR count). The van der Waals surface area contributed by atoms with Crippen LogP contribution in [0.5, 0.6) is 0 Å². The Balaban J connectivity index is 1.85. The van der Waals surface area contributed by atoms with E-state index in [1.807, 2.05) is 12.1 Å². The molecule has 1 aliphatic rings. The Bertz CT molecular complexity index is 445. The van der Waals surface area contributed by atoms with Gasteiger partial charge in [0.2, 0.25) is 0 Å². The molecule has 5 nitrogen and oxygen atoms in total. The van der Waals surface area contributed by atoms with Crippen LogP contribution in [0.1, 0.15) is 49.0 Å². The molecular weight excluding hydrogens is 266 g/mol. The highest BCUT2D eigenvalue weighted by Gasteiger charge is 2.17. The van der Waals surface area contributed by atoms with Gasteiger partial charge < -0.3 is 15.4 Å². The molecule has 1 saturated carbocycles. The first-order valence-corrected chi connectivity index (χ1v) is 7.79. The van der Waals surface area contributed by atoms with Crippen LogP contribution in [0.15, 0.2) is 18.3 Å². The Morgan fingerprint density at radius 2 is 2.19 bits per heavy atom. The number of anilines is 1. The van der Waals surface area contributed by atoms with Crippen LogP contribution in [-0.2, 0) is 4.74 Å². The predicted molar refractivity (Wildman–Crippen MR) is 83.6 cm³/mol. The number of nitrogens with one attached hydrogen (secondary N) is 2. The van der Waals surface area contributed by atoms with E-state index in [2.05, 4.69) is 15.6 Å². The quantitative estimate of drug-likeness (QED) is 0.758. The number of ether oxygens (including phenoxy) is 1. The van der Waals surface area contributed by atoms with Crippen molar-refractivity contribution >= 4 is 11.6 Å². The summed E-state index contributed by atoms with van der Waals surface area (Å²) < 4.78 is 5.01. The molecule has 0 atom stereocenters. The number of hydrogen-bond donors (Lipinski definition) is 2. The van der Waals surface area contributed by atoms with Crippen molar-refractivity contribution in [1.29, 1.82) is 0 Å². The van der Waals surface area contributed by atoms with E-state index in [0.717, 1.165) is 38.1 Å². The lowest BCUT2D eigenvalue weighted by atomic mass is 9.95. The lowest BCUT2D eigenvalue weighted by Crippen LogP contribution is -2.36. The highest BCUT2D eigenvalue weighted by atomic mass is 16.5. The van der Waals surface area contributed by atoms with Crippen molar-refractivity contribution in [3.05, 3.63) is 24.0 Å². The minimum absolute atomic E-state index is 0.0672. The molecule has 0 bridgehead atoms. The lowest BCUT2D eigenvalue weighted by molar-refractivity contribution is 0.0922. The smallest absolute Gasteiger partial charge is 0.270 e. The van der Waals surface area contributed by atoms with Gasteiger partial charge in [0.1, 0.15) is 5.69 Å². The first kappa shape index (κ1) is 15.8. The average molecular weight is 291 g/mol. The van der Waals surface area contributed by atoms with Crippen LogP contribution in [0.25, 0.3) is 0 Å². The van der Waals surface area contributed by atoms with Crippen molar-refractivity contribution in [2.75, 3.05) is 25.6 Å². The van der Waals surface area contributed by atoms with Gasteiger partial charge >= 0.3 is 0 Å². The van der Waals surface area contributed by atoms with E-state index in [1.165, 1.54) is 19.3 Å².